The molecule has 3 aromatic rings. The lowest BCUT2D eigenvalue weighted by Gasteiger charge is -2.26. The highest BCUT2D eigenvalue weighted by Gasteiger charge is 2.21. The molecule has 1 aliphatic rings. The van der Waals surface area contributed by atoms with E-state index in [1.165, 1.54) is 18.2 Å². The van der Waals surface area contributed by atoms with E-state index in [2.05, 4.69) is 21.3 Å². The van der Waals surface area contributed by atoms with Crippen LogP contribution in [0.1, 0.15) is 38.4 Å². The summed E-state index contributed by atoms with van der Waals surface area (Å²) in [6.07, 6.45) is 11.7. The molecule has 3 aromatic heterocycles. The Bertz CT molecular complexity index is 998. The van der Waals surface area contributed by atoms with Crippen molar-refractivity contribution < 1.29 is 9.21 Å². The van der Waals surface area contributed by atoms with Gasteiger partial charge in [0, 0.05) is 30.2 Å². The third-order valence-corrected chi connectivity index (χ3v) is 6.04. The normalized spacial score (nSPS) is 13.8. The van der Waals surface area contributed by atoms with Gasteiger partial charge in [-0.25, -0.2) is 0 Å². The third-order valence-electron chi connectivity index (χ3n) is 5.09. The van der Waals surface area contributed by atoms with Crippen molar-refractivity contribution in [2.24, 2.45) is 0 Å². The molecule has 0 unspecified atom stereocenters. The zero-order valence-corrected chi connectivity index (χ0v) is 17.8. The summed E-state index contributed by atoms with van der Waals surface area (Å²) in [6, 6.07) is 7.59. The first-order chi connectivity index (χ1) is 14.8. The van der Waals surface area contributed by atoms with Gasteiger partial charge in [0.05, 0.1) is 18.6 Å². The molecular formula is C22H25N5O2S. The Kier molecular flexibility index (Phi) is 6.63. The molecule has 1 aliphatic carbocycles. The number of carbonyl (C=O) groups excluding carboxylic acids is 1. The van der Waals surface area contributed by atoms with Gasteiger partial charge in [-0.05, 0) is 56.9 Å². The molecule has 156 valence electrons. The summed E-state index contributed by atoms with van der Waals surface area (Å²) in [4.78, 5) is 19.0. The summed E-state index contributed by atoms with van der Waals surface area (Å²) < 4.78 is 7.51. The first-order valence-electron chi connectivity index (χ1n) is 10.2. The number of carbonyl (C=O) groups is 1. The molecule has 7 nitrogen and oxygen atoms in total. The standard InChI is InChI=1S/C22H25N5O2S/c1-2-26(18-9-4-3-5-10-18)20(28)16-30-22-25-24-21(17-8-6-12-23-14-17)27(22)15-19-11-7-13-29-19/h6-9,11-14H,2-5,10,15-16H2,1H3. The second-order valence-electron chi connectivity index (χ2n) is 7.08. The average Bonchev–Trinajstić information content (AvgIpc) is 3.45. The number of hydrogen-bond donors (Lipinski definition) is 0. The van der Waals surface area contributed by atoms with E-state index < -0.39 is 0 Å². The van der Waals surface area contributed by atoms with Gasteiger partial charge in [-0.3, -0.25) is 14.3 Å². The summed E-state index contributed by atoms with van der Waals surface area (Å²) in [6.45, 7) is 3.20. The van der Waals surface area contributed by atoms with Crippen molar-refractivity contribution in [3.05, 3.63) is 60.5 Å². The lowest BCUT2D eigenvalue weighted by Crippen LogP contribution is -2.32. The van der Waals surface area contributed by atoms with E-state index in [1.807, 2.05) is 40.7 Å². The molecule has 0 aliphatic heterocycles. The molecule has 0 spiro atoms. The first-order valence-corrected chi connectivity index (χ1v) is 11.2. The molecule has 0 fully saturated rings. The van der Waals surface area contributed by atoms with Crippen LogP contribution in [0, 0.1) is 0 Å². The van der Waals surface area contributed by atoms with Gasteiger partial charge in [-0.2, -0.15) is 0 Å². The largest absolute Gasteiger partial charge is 0.467 e. The van der Waals surface area contributed by atoms with Gasteiger partial charge in [0.2, 0.25) is 5.91 Å². The highest BCUT2D eigenvalue weighted by atomic mass is 32.2. The number of thioether (sulfide) groups is 1. The molecule has 0 radical (unpaired) electrons. The Labute approximate surface area is 180 Å². The van der Waals surface area contributed by atoms with Gasteiger partial charge in [-0.1, -0.05) is 17.8 Å². The molecule has 3 heterocycles. The monoisotopic (exact) mass is 423 g/mol. The maximum Gasteiger partial charge on any atom is 0.237 e. The molecular weight excluding hydrogens is 398 g/mol. The summed E-state index contributed by atoms with van der Waals surface area (Å²) in [5.41, 5.74) is 2.03. The Morgan fingerprint density at radius 3 is 2.90 bits per heavy atom. The quantitative estimate of drug-likeness (QED) is 0.501. The van der Waals surface area contributed by atoms with Gasteiger partial charge < -0.3 is 9.32 Å². The van der Waals surface area contributed by atoms with Gasteiger partial charge in [0.25, 0.3) is 0 Å². The van der Waals surface area contributed by atoms with Gasteiger partial charge in [0.15, 0.2) is 11.0 Å². The van der Waals surface area contributed by atoms with Crippen LogP contribution in [-0.4, -0.2) is 42.9 Å². The molecule has 0 saturated carbocycles. The topological polar surface area (TPSA) is 77.1 Å². The fraction of sp³-hybridized carbons (Fsp3) is 0.364. The molecule has 1 amide bonds. The third kappa shape index (κ3) is 4.64. The Morgan fingerprint density at radius 2 is 2.20 bits per heavy atom. The first kappa shape index (κ1) is 20.4. The lowest BCUT2D eigenvalue weighted by atomic mass is 10.0. The second kappa shape index (κ2) is 9.75. The van der Waals surface area contributed by atoms with E-state index in [-0.39, 0.29) is 5.91 Å². The minimum Gasteiger partial charge on any atom is -0.467 e. The van der Waals surface area contributed by atoms with Crippen molar-refractivity contribution in [1.29, 1.82) is 0 Å². The molecule has 8 heteroatoms. The van der Waals surface area contributed by atoms with Gasteiger partial charge >= 0.3 is 0 Å². The van der Waals surface area contributed by atoms with E-state index in [9.17, 15) is 4.79 Å². The number of pyridine rings is 1. The van der Waals surface area contributed by atoms with Crippen molar-refractivity contribution >= 4 is 17.7 Å². The van der Waals surface area contributed by atoms with Gasteiger partial charge in [0.1, 0.15) is 5.76 Å². The maximum atomic E-state index is 12.9. The SMILES string of the molecule is CCN(C(=O)CSc1nnc(-c2cccnc2)n1Cc1ccco1)C1=CCCCC1. The molecule has 0 saturated heterocycles. The Balaban J connectivity index is 1.54. The van der Waals surface area contributed by atoms with Crippen LogP contribution < -0.4 is 0 Å². The Morgan fingerprint density at radius 1 is 1.27 bits per heavy atom. The predicted octanol–water partition coefficient (Wildman–Crippen LogP) is 4.38. The van der Waals surface area contributed by atoms with Crippen molar-refractivity contribution in [3.8, 4) is 11.4 Å². The highest BCUT2D eigenvalue weighted by molar-refractivity contribution is 7.99. The van der Waals surface area contributed by atoms with Crippen molar-refractivity contribution in [2.45, 2.75) is 44.3 Å². The predicted molar refractivity (Wildman–Crippen MR) is 116 cm³/mol. The van der Waals surface area contributed by atoms with E-state index in [0.29, 0.717) is 29.8 Å². The molecule has 0 N–H and O–H groups in total. The minimum absolute atomic E-state index is 0.103. The van der Waals surface area contributed by atoms with E-state index in [4.69, 9.17) is 4.42 Å². The van der Waals surface area contributed by atoms with E-state index >= 15 is 0 Å². The number of allylic oxidation sites excluding steroid dienone is 2. The van der Waals surface area contributed by atoms with Crippen LogP contribution >= 0.6 is 11.8 Å². The highest BCUT2D eigenvalue weighted by Crippen LogP contribution is 2.26. The van der Waals surface area contributed by atoms with E-state index in [0.717, 1.165) is 36.3 Å². The molecule has 0 aromatic carbocycles. The molecule has 0 atom stereocenters. The van der Waals surface area contributed by atoms with Crippen molar-refractivity contribution in [2.75, 3.05) is 12.3 Å². The van der Waals surface area contributed by atoms with Crippen LogP contribution in [0.3, 0.4) is 0 Å². The zero-order chi connectivity index (χ0) is 20.8. The van der Waals surface area contributed by atoms with Crippen LogP contribution in [0.5, 0.6) is 0 Å². The molecule has 30 heavy (non-hydrogen) atoms. The maximum absolute atomic E-state index is 12.9. The van der Waals surface area contributed by atoms with Crippen molar-refractivity contribution in [3.63, 3.8) is 0 Å². The fourth-order valence-electron chi connectivity index (χ4n) is 3.62. The number of amides is 1. The van der Waals surface area contributed by atoms with Gasteiger partial charge in [-0.15, -0.1) is 10.2 Å². The summed E-state index contributed by atoms with van der Waals surface area (Å²) in [5, 5.41) is 9.43. The lowest BCUT2D eigenvalue weighted by molar-refractivity contribution is -0.126. The number of rotatable bonds is 8. The Hall–Kier alpha value is -2.87. The summed E-state index contributed by atoms with van der Waals surface area (Å²) in [7, 11) is 0. The average molecular weight is 424 g/mol. The van der Waals surface area contributed by atoms with Crippen LogP contribution in [-0.2, 0) is 11.3 Å². The van der Waals surface area contributed by atoms with Crippen LogP contribution in [0.25, 0.3) is 11.4 Å². The number of furan rings is 1. The minimum atomic E-state index is 0.103. The zero-order valence-electron chi connectivity index (χ0n) is 17.0. The fourth-order valence-corrected chi connectivity index (χ4v) is 4.43. The summed E-state index contributed by atoms with van der Waals surface area (Å²) in [5.74, 6) is 1.92. The van der Waals surface area contributed by atoms with Crippen LogP contribution in [0.15, 0.2) is 64.3 Å². The number of nitrogens with zero attached hydrogens (tertiary/aromatic N) is 5. The van der Waals surface area contributed by atoms with Crippen LogP contribution in [0.2, 0.25) is 0 Å². The number of hydrogen-bond acceptors (Lipinski definition) is 6. The van der Waals surface area contributed by atoms with E-state index in [1.54, 1.807) is 18.7 Å². The smallest absolute Gasteiger partial charge is 0.237 e. The summed E-state index contributed by atoms with van der Waals surface area (Å²) >= 11 is 1.41. The molecule has 4 rings (SSSR count). The second-order valence-corrected chi connectivity index (χ2v) is 8.02. The number of aromatic nitrogens is 4. The molecule has 0 bridgehead atoms. The van der Waals surface area contributed by atoms with Crippen molar-refractivity contribution in [1.82, 2.24) is 24.6 Å². The van der Waals surface area contributed by atoms with Crippen LogP contribution in [0.4, 0.5) is 0 Å².